The number of hydrogen-bond donors (Lipinski definition) is 0. The number of Topliss-reactive ketones (excluding diaryl/α,β-unsaturated/α-hetero) is 2. The largest absolute Gasteiger partial charge is 0.493 e. The highest BCUT2D eigenvalue weighted by atomic mass is 79.9. The Bertz CT molecular complexity index is 1860. The van der Waals surface area contributed by atoms with Gasteiger partial charge < -0.3 is 18.9 Å². The Morgan fingerprint density at radius 1 is 0.765 bits per heavy atom. The van der Waals surface area contributed by atoms with Crippen LogP contribution in [-0.4, -0.2) is 61.4 Å². The van der Waals surface area contributed by atoms with Crippen LogP contribution in [0.5, 0.6) is 17.2 Å². The molecule has 0 amide bonds. The van der Waals surface area contributed by atoms with Crippen molar-refractivity contribution >= 4 is 55.5 Å². The van der Waals surface area contributed by atoms with E-state index in [1.54, 1.807) is 49.6 Å². The average molecular weight is 818 g/mol. The summed E-state index contributed by atoms with van der Waals surface area (Å²) in [4.78, 5) is 40.9. The first-order valence-corrected chi connectivity index (χ1v) is 18.6. The van der Waals surface area contributed by atoms with Crippen molar-refractivity contribution in [1.82, 2.24) is 4.90 Å². The van der Waals surface area contributed by atoms with Crippen LogP contribution in [0.4, 0.5) is 0 Å². The van der Waals surface area contributed by atoms with Crippen molar-refractivity contribution in [1.29, 1.82) is 0 Å². The molecule has 2 heterocycles. The molecule has 2 saturated heterocycles. The lowest BCUT2D eigenvalue weighted by Gasteiger charge is -2.47. The van der Waals surface area contributed by atoms with Crippen molar-refractivity contribution in [3.05, 3.63) is 128 Å². The van der Waals surface area contributed by atoms with E-state index in [1.165, 1.54) is 6.08 Å². The number of methoxy groups -OCH3 is 1. The van der Waals surface area contributed by atoms with Crippen molar-refractivity contribution < 1.29 is 33.3 Å². The maximum absolute atomic E-state index is 13.1. The number of hydrogen-bond acceptors (Lipinski definition) is 8. The molecule has 4 aromatic rings. The number of carbonyl (C=O) groups excluding carboxylic acids is 3. The van der Waals surface area contributed by atoms with Crippen molar-refractivity contribution in [3.8, 4) is 17.2 Å². The second-order valence-electron chi connectivity index (χ2n) is 12.7. The molecule has 0 aromatic heterocycles. The minimum Gasteiger partial charge on any atom is -0.493 e. The van der Waals surface area contributed by atoms with Crippen LogP contribution in [0.25, 0.3) is 6.08 Å². The van der Waals surface area contributed by atoms with E-state index in [-0.39, 0.29) is 36.9 Å². The van der Waals surface area contributed by atoms with Crippen LogP contribution in [0.15, 0.2) is 106 Å². The molecule has 0 unspecified atom stereocenters. The Morgan fingerprint density at radius 2 is 1.41 bits per heavy atom. The van der Waals surface area contributed by atoms with Gasteiger partial charge in [-0.25, -0.2) is 4.79 Å². The minimum absolute atomic E-state index is 0.0180. The Kier molecular flexibility index (Phi) is 12.4. The van der Waals surface area contributed by atoms with Crippen LogP contribution in [0.1, 0.15) is 70.0 Å². The third-order valence-electron chi connectivity index (χ3n) is 9.30. The van der Waals surface area contributed by atoms with Gasteiger partial charge in [0.1, 0.15) is 11.9 Å². The van der Waals surface area contributed by atoms with Crippen molar-refractivity contribution in [2.45, 2.75) is 50.3 Å². The number of carbonyl (C=O) groups is 3. The fourth-order valence-electron chi connectivity index (χ4n) is 6.68. The molecule has 2 fully saturated rings. The predicted molar refractivity (Wildman–Crippen MR) is 203 cm³/mol. The number of ether oxygens (including phenoxy) is 4. The number of piperidine rings is 2. The van der Waals surface area contributed by atoms with Crippen LogP contribution in [0.2, 0.25) is 0 Å². The summed E-state index contributed by atoms with van der Waals surface area (Å²) >= 11 is 6.78. The number of fused-ring (bicyclic) bond motifs is 1. The minimum atomic E-state index is -0.395. The van der Waals surface area contributed by atoms with Gasteiger partial charge in [-0.3, -0.25) is 14.5 Å². The molecule has 0 radical (unpaired) electrons. The van der Waals surface area contributed by atoms with Crippen LogP contribution < -0.4 is 14.2 Å². The fourth-order valence-corrected chi connectivity index (χ4v) is 7.21. The molecule has 2 aliphatic heterocycles. The third kappa shape index (κ3) is 9.75. The summed E-state index contributed by atoms with van der Waals surface area (Å²) in [6.45, 7) is 0.784. The van der Waals surface area contributed by atoms with Crippen molar-refractivity contribution in [3.63, 3.8) is 0 Å². The maximum Gasteiger partial charge on any atom is 0.331 e. The van der Waals surface area contributed by atoms with Gasteiger partial charge in [0, 0.05) is 51.1 Å². The monoisotopic (exact) mass is 815 g/mol. The summed E-state index contributed by atoms with van der Waals surface area (Å²) in [7, 11) is 1.58. The quantitative estimate of drug-likeness (QED) is 0.0751. The van der Waals surface area contributed by atoms with Crippen molar-refractivity contribution in [2.75, 3.05) is 26.9 Å². The van der Waals surface area contributed by atoms with Gasteiger partial charge in [-0.05, 0) is 85.1 Å². The smallest absolute Gasteiger partial charge is 0.331 e. The Labute approximate surface area is 315 Å². The topological polar surface area (TPSA) is 91.4 Å². The van der Waals surface area contributed by atoms with E-state index in [4.69, 9.17) is 18.9 Å². The lowest BCUT2D eigenvalue weighted by atomic mass is 9.84. The van der Waals surface area contributed by atoms with Gasteiger partial charge in [0.2, 0.25) is 0 Å². The van der Waals surface area contributed by atoms with E-state index in [9.17, 15) is 14.4 Å². The molecule has 0 N–H and O–H groups in total. The third-order valence-corrected chi connectivity index (χ3v) is 10.4. The molecule has 8 nitrogen and oxygen atoms in total. The number of benzene rings is 4. The molecule has 0 aliphatic carbocycles. The zero-order valence-electron chi connectivity index (χ0n) is 28.3. The molecule has 0 spiro atoms. The summed E-state index contributed by atoms with van der Waals surface area (Å²) in [5.41, 5.74) is 3.00. The lowest BCUT2D eigenvalue weighted by Crippen LogP contribution is -2.49. The number of esters is 1. The first kappa shape index (κ1) is 36.5. The van der Waals surface area contributed by atoms with Crippen LogP contribution in [0, 0.1) is 0 Å². The van der Waals surface area contributed by atoms with E-state index < -0.39 is 5.97 Å². The Hall–Kier alpha value is -4.25. The average Bonchev–Trinajstić information content (AvgIpc) is 3.15. The van der Waals surface area contributed by atoms with Crippen LogP contribution >= 0.6 is 31.9 Å². The molecule has 2 aliphatic rings. The molecular weight excluding hydrogens is 778 g/mol. The number of ketones is 2. The summed E-state index contributed by atoms with van der Waals surface area (Å²) < 4.78 is 25.1. The van der Waals surface area contributed by atoms with Gasteiger partial charge in [0.05, 0.1) is 7.11 Å². The predicted octanol–water partition coefficient (Wildman–Crippen LogP) is 9.06. The SMILES string of the molecule is COc1ccc([C@@H]2C[C@@H](OC(=O)/C=C/c3ccc(OCC(=O)c4ccc(Br)cc4)cc3)C[C@H]3CCCCN32)cc1OCC(=O)c1ccc(Br)cc1. The number of nitrogens with zero attached hydrogens (tertiary/aromatic N) is 1. The summed E-state index contributed by atoms with van der Waals surface area (Å²) in [5, 5.41) is 0. The summed E-state index contributed by atoms with van der Waals surface area (Å²) in [6.07, 6.45) is 7.65. The van der Waals surface area contributed by atoms with Gasteiger partial charge in [0.15, 0.2) is 36.3 Å². The highest BCUT2D eigenvalue weighted by Gasteiger charge is 2.39. The molecule has 6 rings (SSSR count). The van der Waals surface area contributed by atoms with Crippen LogP contribution in [0.3, 0.4) is 0 Å². The Morgan fingerprint density at radius 3 is 2.06 bits per heavy atom. The van der Waals surface area contributed by atoms with Gasteiger partial charge >= 0.3 is 5.97 Å². The van der Waals surface area contributed by atoms with E-state index in [2.05, 4.69) is 36.8 Å². The van der Waals surface area contributed by atoms with Crippen LogP contribution in [-0.2, 0) is 9.53 Å². The molecule has 10 heteroatoms. The highest BCUT2D eigenvalue weighted by Crippen LogP contribution is 2.42. The van der Waals surface area contributed by atoms with E-state index in [0.717, 1.165) is 52.3 Å². The van der Waals surface area contributed by atoms with E-state index >= 15 is 0 Å². The number of halogens is 2. The summed E-state index contributed by atoms with van der Waals surface area (Å²) in [5.74, 6) is 0.985. The standard InChI is InChI=1S/C41H39Br2NO7/c1-48-39-19-12-30(22-40(39)50-26-38(46)29-10-15-32(43)16-11-29)36-24-35(23-33-4-2-3-21-44(33)36)51-41(47)20-7-27-5-17-34(18-6-27)49-25-37(45)28-8-13-31(42)14-9-28/h5-20,22,33,35-36H,2-4,21,23-26H2,1H3/b20-7+/t33-,35+,36+/m1/s1. The molecule has 0 saturated carbocycles. The fraction of sp³-hybridized carbons (Fsp3) is 0.293. The van der Waals surface area contributed by atoms with E-state index in [0.29, 0.717) is 40.8 Å². The molecular formula is C41H39Br2NO7. The normalized spacial score (nSPS) is 18.8. The van der Waals surface area contributed by atoms with Gasteiger partial charge in [-0.15, -0.1) is 0 Å². The van der Waals surface area contributed by atoms with Gasteiger partial charge in [0.25, 0.3) is 0 Å². The van der Waals surface area contributed by atoms with Gasteiger partial charge in [-0.2, -0.15) is 0 Å². The Balaban J connectivity index is 1.07. The molecule has 264 valence electrons. The molecule has 0 bridgehead atoms. The lowest BCUT2D eigenvalue weighted by molar-refractivity contribution is -0.148. The second kappa shape index (κ2) is 17.3. The second-order valence-corrected chi connectivity index (χ2v) is 14.5. The summed E-state index contributed by atoms with van der Waals surface area (Å²) in [6, 6.07) is 27.7. The maximum atomic E-state index is 13.1. The zero-order chi connectivity index (χ0) is 35.7. The molecule has 3 atom stereocenters. The molecule has 51 heavy (non-hydrogen) atoms. The van der Waals surface area contributed by atoms with Crippen molar-refractivity contribution in [2.24, 2.45) is 0 Å². The number of rotatable bonds is 13. The molecule has 4 aromatic carbocycles. The van der Waals surface area contributed by atoms with E-state index in [1.807, 2.05) is 54.6 Å². The van der Waals surface area contributed by atoms with Gasteiger partial charge in [-0.1, -0.05) is 80.7 Å². The first-order chi connectivity index (χ1) is 24.7. The zero-order valence-corrected chi connectivity index (χ0v) is 31.4. The first-order valence-electron chi connectivity index (χ1n) is 17.0. The highest BCUT2D eigenvalue weighted by molar-refractivity contribution is 9.10.